The molecule has 21 heavy (non-hydrogen) atoms. The van der Waals surface area contributed by atoms with Gasteiger partial charge >= 0.3 is 0 Å². The molecule has 1 aliphatic carbocycles. The van der Waals surface area contributed by atoms with Crippen LogP contribution in [0.3, 0.4) is 0 Å². The molecule has 0 atom stereocenters. The van der Waals surface area contributed by atoms with E-state index in [0.717, 1.165) is 36.9 Å². The van der Waals surface area contributed by atoms with E-state index in [1.54, 1.807) is 0 Å². The molecule has 2 aromatic heterocycles. The Balaban J connectivity index is 1.54. The van der Waals surface area contributed by atoms with E-state index in [2.05, 4.69) is 36.7 Å². The first-order valence-corrected chi connectivity index (χ1v) is 8.03. The van der Waals surface area contributed by atoms with Crippen LogP contribution in [0.2, 0.25) is 0 Å². The van der Waals surface area contributed by atoms with Crippen molar-refractivity contribution >= 4 is 11.5 Å². The molecule has 1 aliphatic heterocycles. The van der Waals surface area contributed by atoms with Crippen LogP contribution in [-0.2, 0) is 0 Å². The Morgan fingerprint density at radius 3 is 2.71 bits per heavy atom. The predicted molar refractivity (Wildman–Crippen MR) is 81.5 cm³/mol. The topological polar surface area (TPSA) is 58.4 Å². The summed E-state index contributed by atoms with van der Waals surface area (Å²) >= 11 is 0. The summed E-state index contributed by atoms with van der Waals surface area (Å²) in [6, 6.07) is 0.493. The van der Waals surface area contributed by atoms with E-state index >= 15 is 0 Å². The largest absolute Gasteiger partial charge is 0.364 e. The third-order valence-electron chi connectivity index (χ3n) is 4.67. The second-order valence-corrected chi connectivity index (χ2v) is 6.15. The Morgan fingerprint density at radius 2 is 2.00 bits per heavy atom. The second-order valence-electron chi connectivity index (χ2n) is 6.15. The number of anilines is 1. The molecule has 0 spiro atoms. The quantitative estimate of drug-likeness (QED) is 0.930. The molecule has 1 saturated carbocycles. The molecule has 3 heterocycles. The lowest BCUT2D eigenvalue weighted by Gasteiger charge is -2.31. The van der Waals surface area contributed by atoms with Gasteiger partial charge in [-0.05, 0) is 32.2 Å². The SMILES string of the molecule is CCN1CCC(Nc2nccn3c(C4CC4)nnc23)CC1. The molecule has 0 unspecified atom stereocenters. The lowest BCUT2D eigenvalue weighted by atomic mass is 10.1. The highest BCUT2D eigenvalue weighted by atomic mass is 15.3. The Morgan fingerprint density at radius 1 is 1.19 bits per heavy atom. The molecular formula is C15H22N6. The molecule has 6 nitrogen and oxygen atoms in total. The van der Waals surface area contributed by atoms with Crippen LogP contribution < -0.4 is 5.32 Å². The Bertz CT molecular complexity index is 624. The molecule has 2 aromatic rings. The Kier molecular flexibility index (Phi) is 3.25. The minimum atomic E-state index is 0.493. The average Bonchev–Trinajstić information content (AvgIpc) is 3.28. The highest BCUT2D eigenvalue weighted by Crippen LogP contribution is 2.39. The Labute approximate surface area is 124 Å². The maximum atomic E-state index is 4.49. The molecule has 1 N–H and O–H groups in total. The van der Waals surface area contributed by atoms with Crippen LogP contribution in [0.15, 0.2) is 12.4 Å². The first-order valence-electron chi connectivity index (χ1n) is 8.03. The Hall–Kier alpha value is -1.69. The third-order valence-corrected chi connectivity index (χ3v) is 4.67. The lowest BCUT2D eigenvalue weighted by molar-refractivity contribution is 0.229. The maximum Gasteiger partial charge on any atom is 0.203 e. The van der Waals surface area contributed by atoms with E-state index < -0.39 is 0 Å². The summed E-state index contributed by atoms with van der Waals surface area (Å²) in [5.41, 5.74) is 0.873. The predicted octanol–water partition coefficient (Wildman–Crippen LogP) is 1.90. The van der Waals surface area contributed by atoms with Gasteiger partial charge in [0, 0.05) is 37.4 Å². The molecular weight excluding hydrogens is 264 g/mol. The maximum absolute atomic E-state index is 4.49. The van der Waals surface area contributed by atoms with Crippen LogP contribution in [0.5, 0.6) is 0 Å². The van der Waals surface area contributed by atoms with E-state index in [1.807, 2.05) is 12.4 Å². The molecule has 0 bridgehead atoms. The van der Waals surface area contributed by atoms with Crippen molar-refractivity contribution in [2.75, 3.05) is 25.0 Å². The number of piperidine rings is 1. The van der Waals surface area contributed by atoms with Gasteiger partial charge in [-0.2, -0.15) is 0 Å². The van der Waals surface area contributed by atoms with Gasteiger partial charge in [-0.3, -0.25) is 4.40 Å². The molecule has 0 amide bonds. The summed E-state index contributed by atoms with van der Waals surface area (Å²) in [5, 5.41) is 12.3. The van der Waals surface area contributed by atoms with E-state index in [1.165, 1.54) is 25.7 Å². The minimum absolute atomic E-state index is 0.493. The van der Waals surface area contributed by atoms with Crippen molar-refractivity contribution in [2.24, 2.45) is 0 Å². The monoisotopic (exact) mass is 286 g/mol. The van der Waals surface area contributed by atoms with E-state index in [9.17, 15) is 0 Å². The summed E-state index contributed by atoms with van der Waals surface area (Å²) in [5.74, 6) is 2.58. The minimum Gasteiger partial charge on any atom is -0.364 e. The number of rotatable bonds is 4. The van der Waals surface area contributed by atoms with Gasteiger partial charge in [-0.1, -0.05) is 6.92 Å². The van der Waals surface area contributed by atoms with Gasteiger partial charge in [-0.15, -0.1) is 10.2 Å². The number of hydrogen-bond acceptors (Lipinski definition) is 5. The molecule has 6 heteroatoms. The van der Waals surface area contributed by atoms with Gasteiger partial charge in [0.05, 0.1) is 0 Å². The number of nitrogens with one attached hydrogen (secondary N) is 1. The molecule has 2 aliphatic rings. The first-order chi connectivity index (χ1) is 10.3. The smallest absolute Gasteiger partial charge is 0.203 e. The van der Waals surface area contributed by atoms with Gasteiger partial charge in [-0.25, -0.2) is 4.98 Å². The molecule has 112 valence electrons. The summed E-state index contributed by atoms with van der Waals surface area (Å²) in [7, 11) is 0. The van der Waals surface area contributed by atoms with E-state index in [0.29, 0.717) is 12.0 Å². The third kappa shape index (κ3) is 2.48. The fourth-order valence-electron chi connectivity index (χ4n) is 3.15. The number of nitrogens with zero attached hydrogens (tertiary/aromatic N) is 5. The second kappa shape index (κ2) is 5.26. The van der Waals surface area contributed by atoms with Crippen LogP contribution in [0.1, 0.15) is 44.3 Å². The average molecular weight is 286 g/mol. The van der Waals surface area contributed by atoms with Crippen LogP contribution >= 0.6 is 0 Å². The number of fused-ring (bicyclic) bond motifs is 1. The normalized spacial score (nSPS) is 21.0. The zero-order chi connectivity index (χ0) is 14.2. The van der Waals surface area contributed by atoms with Crippen LogP contribution in [0, 0.1) is 0 Å². The fraction of sp³-hybridized carbons (Fsp3) is 0.667. The zero-order valence-electron chi connectivity index (χ0n) is 12.5. The van der Waals surface area contributed by atoms with Crippen LogP contribution in [0.4, 0.5) is 5.82 Å². The molecule has 1 saturated heterocycles. The fourth-order valence-corrected chi connectivity index (χ4v) is 3.15. The zero-order valence-corrected chi connectivity index (χ0v) is 12.5. The summed E-state index contributed by atoms with van der Waals surface area (Å²) in [4.78, 5) is 6.98. The van der Waals surface area contributed by atoms with Crippen molar-refractivity contribution in [3.05, 3.63) is 18.2 Å². The van der Waals surface area contributed by atoms with Crippen molar-refractivity contribution in [2.45, 2.75) is 44.6 Å². The highest BCUT2D eigenvalue weighted by molar-refractivity contribution is 5.62. The van der Waals surface area contributed by atoms with Crippen molar-refractivity contribution < 1.29 is 0 Å². The van der Waals surface area contributed by atoms with Crippen molar-refractivity contribution in [3.63, 3.8) is 0 Å². The first kappa shape index (κ1) is 13.0. The van der Waals surface area contributed by atoms with Crippen molar-refractivity contribution in [1.82, 2.24) is 24.5 Å². The van der Waals surface area contributed by atoms with Gasteiger partial charge in [0.2, 0.25) is 5.65 Å². The number of likely N-dealkylation sites (tertiary alicyclic amines) is 1. The van der Waals surface area contributed by atoms with Gasteiger partial charge in [0.25, 0.3) is 0 Å². The molecule has 0 aromatic carbocycles. The molecule has 0 radical (unpaired) electrons. The van der Waals surface area contributed by atoms with Gasteiger partial charge < -0.3 is 10.2 Å². The molecule has 4 rings (SSSR count). The van der Waals surface area contributed by atoms with Gasteiger partial charge in [0.15, 0.2) is 5.82 Å². The highest BCUT2D eigenvalue weighted by Gasteiger charge is 2.29. The van der Waals surface area contributed by atoms with Crippen molar-refractivity contribution in [1.29, 1.82) is 0 Å². The summed E-state index contributed by atoms with van der Waals surface area (Å²) in [6.45, 7) is 5.70. The molecule has 2 fully saturated rings. The van der Waals surface area contributed by atoms with E-state index in [-0.39, 0.29) is 0 Å². The standard InChI is InChI=1S/C15H22N6/c1-2-20-8-5-12(6-9-20)17-13-15-19-18-14(11-3-4-11)21(15)10-7-16-13/h7,10-12H,2-6,8-9H2,1H3,(H,16,17). The summed E-state index contributed by atoms with van der Waals surface area (Å²) < 4.78 is 2.11. The number of hydrogen-bond donors (Lipinski definition) is 1. The van der Waals surface area contributed by atoms with Crippen molar-refractivity contribution in [3.8, 4) is 0 Å². The van der Waals surface area contributed by atoms with E-state index in [4.69, 9.17) is 0 Å². The van der Waals surface area contributed by atoms with Crippen LogP contribution in [-0.4, -0.2) is 50.2 Å². The summed E-state index contributed by atoms with van der Waals surface area (Å²) in [6.07, 6.45) is 8.64. The van der Waals surface area contributed by atoms with Crippen LogP contribution in [0.25, 0.3) is 5.65 Å². The van der Waals surface area contributed by atoms with Gasteiger partial charge in [0.1, 0.15) is 5.82 Å². The number of aromatic nitrogens is 4. The lowest BCUT2D eigenvalue weighted by Crippen LogP contribution is -2.39.